The normalized spacial score (nSPS) is 21.2. The molecule has 0 saturated heterocycles. The molecule has 0 N–H and O–H groups in total. The van der Waals surface area contributed by atoms with Crippen molar-refractivity contribution < 1.29 is 23.9 Å². The first kappa shape index (κ1) is 24.9. The standard InChI is InChI=1S/C28H36O5/c1-6-7-8-9-20-15-19(5)26(22-14-18(4)10-11-21(22)17(2)3)25(16-20)32-28(31)33-27-23(29)12-13-24(27)30/h14-16,21-22,27H,2,6-13H2,1,3-5H3/t21-,22+/m0/s1. The zero-order valence-corrected chi connectivity index (χ0v) is 20.4. The van der Waals surface area contributed by atoms with Gasteiger partial charge in [0.05, 0.1) is 0 Å². The van der Waals surface area contributed by atoms with E-state index in [0.29, 0.717) is 5.75 Å². The summed E-state index contributed by atoms with van der Waals surface area (Å²) < 4.78 is 10.9. The van der Waals surface area contributed by atoms with Crippen LogP contribution in [-0.4, -0.2) is 23.8 Å². The number of ketones is 2. The predicted octanol–water partition coefficient (Wildman–Crippen LogP) is 6.56. The van der Waals surface area contributed by atoms with Gasteiger partial charge in [-0.05, 0) is 69.6 Å². The maximum Gasteiger partial charge on any atom is 0.515 e. The fourth-order valence-electron chi connectivity index (χ4n) is 5.01. The van der Waals surface area contributed by atoms with Crippen molar-refractivity contribution in [1.29, 1.82) is 0 Å². The summed E-state index contributed by atoms with van der Waals surface area (Å²) in [6, 6.07) is 4.10. The van der Waals surface area contributed by atoms with Gasteiger partial charge in [0.15, 0.2) is 11.6 Å². The molecule has 0 radical (unpaired) electrons. The van der Waals surface area contributed by atoms with Crippen LogP contribution >= 0.6 is 0 Å². The van der Waals surface area contributed by atoms with Crippen molar-refractivity contribution in [2.75, 3.05) is 0 Å². The number of aryl methyl sites for hydroxylation is 2. The van der Waals surface area contributed by atoms with E-state index in [1.165, 1.54) is 5.57 Å². The Kier molecular flexibility index (Phi) is 8.28. The molecular formula is C28H36O5. The Balaban J connectivity index is 1.96. The molecule has 2 atom stereocenters. The van der Waals surface area contributed by atoms with Crippen LogP contribution in [0.1, 0.15) is 88.3 Å². The molecule has 2 aliphatic rings. The van der Waals surface area contributed by atoms with Crippen molar-refractivity contribution in [3.63, 3.8) is 0 Å². The van der Waals surface area contributed by atoms with Gasteiger partial charge < -0.3 is 9.47 Å². The third kappa shape index (κ3) is 6.01. The van der Waals surface area contributed by atoms with Crippen molar-refractivity contribution in [2.24, 2.45) is 5.92 Å². The number of carbonyl (C=O) groups is 3. The number of hydrogen-bond acceptors (Lipinski definition) is 5. The van der Waals surface area contributed by atoms with Gasteiger partial charge in [-0.2, -0.15) is 0 Å². The topological polar surface area (TPSA) is 69.7 Å². The minimum Gasteiger partial charge on any atom is -0.415 e. The third-order valence-corrected chi connectivity index (χ3v) is 6.80. The summed E-state index contributed by atoms with van der Waals surface area (Å²) in [4.78, 5) is 36.5. The monoisotopic (exact) mass is 452 g/mol. The molecule has 0 amide bonds. The molecule has 0 spiro atoms. The first-order valence-electron chi connectivity index (χ1n) is 12.1. The highest BCUT2D eigenvalue weighted by Crippen LogP contribution is 2.45. The number of Topliss-reactive ketones (excluding diaryl/α,β-unsaturated/α-hetero) is 2. The maximum absolute atomic E-state index is 12.7. The quantitative estimate of drug-likeness (QED) is 0.147. The Hall–Kier alpha value is -2.69. The van der Waals surface area contributed by atoms with E-state index < -0.39 is 12.3 Å². The number of benzene rings is 1. The zero-order chi connectivity index (χ0) is 24.1. The second kappa shape index (κ2) is 11.0. The SMILES string of the molecule is C=C(C)[C@@H]1CCC(C)=C[C@H]1c1c(C)cc(CCCCC)cc1OC(=O)OC1C(=O)CCC1=O. The van der Waals surface area contributed by atoms with Gasteiger partial charge in [0, 0.05) is 24.3 Å². The van der Waals surface area contributed by atoms with Gasteiger partial charge in [-0.25, -0.2) is 4.79 Å². The predicted molar refractivity (Wildman–Crippen MR) is 129 cm³/mol. The molecule has 5 heteroatoms. The van der Waals surface area contributed by atoms with E-state index in [4.69, 9.17) is 9.47 Å². The van der Waals surface area contributed by atoms with Gasteiger partial charge in [0.25, 0.3) is 0 Å². The zero-order valence-electron chi connectivity index (χ0n) is 20.4. The smallest absolute Gasteiger partial charge is 0.415 e. The number of carbonyl (C=O) groups excluding carboxylic acids is 3. The highest BCUT2D eigenvalue weighted by molar-refractivity contribution is 6.12. The second-order valence-corrected chi connectivity index (χ2v) is 9.59. The average molecular weight is 453 g/mol. The number of rotatable bonds is 8. The molecule has 3 rings (SSSR count). The van der Waals surface area contributed by atoms with Crippen LogP contribution in [0.2, 0.25) is 0 Å². The van der Waals surface area contributed by atoms with Gasteiger partial charge in [-0.3, -0.25) is 9.59 Å². The summed E-state index contributed by atoms with van der Waals surface area (Å²) in [7, 11) is 0. The van der Waals surface area contributed by atoms with Crippen molar-refractivity contribution >= 4 is 17.7 Å². The van der Waals surface area contributed by atoms with Gasteiger partial charge in [0.2, 0.25) is 6.10 Å². The van der Waals surface area contributed by atoms with Gasteiger partial charge >= 0.3 is 6.16 Å². The average Bonchev–Trinajstić information content (AvgIpc) is 3.05. The van der Waals surface area contributed by atoms with Gasteiger partial charge in [-0.1, -0.05) is 49.6 Å². The van der Waals surface area contributed by atoms with Crippen LogP contribution in [0.3, 0.4) is 0 Å². The Morgan fingerprint density at radius 3 is 2.42 bits per heavy atom. The van der Waals surface area contributed by atoms with E-state index >= 15 is 0 Å². The number of allylic oxidation sites excluding steroid dienone is 3. The fraction of sp³-hybridized carbons (Fsp3) is 0.536. The van der Waals surface area contributed by atoms with E-state index in [9.17, 15) is 14.4 Å². The van der Waals surface area contributed by atoms with E-state index in [2.05, 4.69) is 32.6 Å². The van der Waals surface area contributed by atoms with Crippen LogP contribution in [0.25, 0.3) is 0 Å². The van der Waals surface area contributed by atoms with Crippen molar-refractivity contribution in [2.45, 2.75) is 91.1 Å². The number of hydrogen-bond donors (Lipinski definition) is 0. The lowest BCUT2D eigenvalue weighted by molar-refractivity contribution is -0.133. The van der Waals surface area contributed by atoms with E-state index in [-0.39, 0.29) is 36.2 Å². The molecule has 2 aliphatic carbocycles. The molecule has 0 unspecified atom stereocenters. The van der Waals surface area contributed by atoms with E-state index in [1.54, 1.807) is 0 Å². The number of ether oxygens (including phenoxy) is 2. The lowest BCUT2D eigenvalue weighted by Crippen LogP contribution is -2.30. The summed E-state index contributed by atoms with van der Waals surface area (Å²) in [5, 5.41) is 0. The Labute approximate surface area is 197 Å². The van der Waals surface area contributed by atoms with Crippen molar-refractivity contribution in [3.8, 4) is 5.75 Å². The molecule has 178 valence electrons. The van der Waals surface area contributed by atoms with Crippen molar-refractivity contribution in [1.82, 2.24) is 0 Å². The minimum atomic E-state index is -1.34. The lowest BCUT2D eigenvalue weighted by Gasteiger charge is -2.32. The second-order valence-electron chi connectivity index (χ2n) is 9.59. The maximum atomic E-state index is 12.7. The van der Waals surface area contributed by atoms with Crippen LogP contribution in [0.4, 0.5) is 4.79 Å². The summed E-state index contributed by atoms with van der Waals surface area (Å²) in [6.45, 7) is 12.6. The molecular weight excluding hydrogens is 416 g/mol. The summed E-state index contributed by atoms with van der Waals surface area (Å²) >= 11 is 0. The molecule has 0 aliphatic heterocycles. The lowest BCUT2D eigenvalue weighted by atomic mass is 9.73. The van der Waals surface area contributed by atoms with Gasteiger partial charge in [-0.15, -0.1) is 0 Å². The Morgan fingerprint density at radius 1 is 1.09 bits per heavy atom. The van der Waals surface area contributed by atoms with Crippen molar-refractivity contribution in [3.05, 3.63) is 52.6 Å². The Bertz CT molecular complexity index is 955. The largest absolute Gasteiger partial charge is 0.515 e. The number of unbranched alkanes of at least 4 members (excludes halogenated alkanes) is 2. The Morgan fingerprint density at radius 2 is 1.79 bits per heavy atom. The molecule has 1 aromatic carbocycles. The molecule has 0 bridgehead atoms. The van der Waals surface area contributed by atoms with E-state index in [1.807, 2.05) is 19.9 Å². The highest BCUT2D eigenvalue weighted by atomic mass is 16.7. The third-order valence-electron chi connectivity index (χ3n) is 6.80. The first-order valence-corrected chi connectivity index (χ1v) is 12.1. The van der Waals surface area contributed by atoms with Crippen LogP contribution < -0.4 is 4.74 Å². The fourth-order valence-corrected chi connectivity index (χ4v) is 5.01. The summed E-state index contributed by atoms with van der Waals surface area (Å²) in [5.41, 5.74) is 5.51. The first-order chi connectivity index (χ1) is 15.7. The highest BCUT2D eigenvalue weighted by Gasteiger charge is 2.37. The van der Waals surface area contributed by atoms with Gasteiger partial charge in [0.1, 0.15) is 5.75 Å². The molecule has 0 heterocycles. The molecule has 1 saturated carbocycles. The molecule has 33 heavy (non-hydrogen) atoms. The minimum absolute atomic E-state index is 0.0403. The van der Waals surface area contributed by atoms with E-state index in [0.717, 1.165) is 60.8 Å². The summed E-state index contributed by atoms with van der Waals surface area (Å²) in [6.07, 6.45) is 6.36. The summed E-state index contributed by atoms with van der Waals surface area (Å²) in [5.74, 6) is 0.00416. The molecule has 1 fully saturated rings. The van der Waals surface area contributed by atoms with Crippen LogP contribution in [-0.2, 0) is 20.7 Å². The van der Waals surface area contributed by atoms with Crippen LogP contribution in [0.15, 0.2) is 35.9 Å². The molecule has 1 aromatic rings. The molecule has 5 nitrogen and oxygen atoms in total. The van der Waals surface area contributed by atoms with Crippen LogP contribution in [0.5, 0.6) is 5.75 Å². The molecule has 0 aromatic heterocycles. The van der Waals surface area contributed by atoms with Crippen LogP contribution in [0, 0.1) is 12.8 Å².